The lowest BCUT2D eigenvalue weighted by molar-refractivity contribution is -0.114. The van der Waals surface area contributed by atoms with E-state index in [2.05, 4.69) is 15.6 Å². The zero-order valence-electron chi connectivity index (χ0n) is 19.4. The monoisotopic (exact) mass is 494 g/mol. The summed E-state index contributed by atoms with van der Waals surface area (Å²) in [7, 11) is 0. The smallest absolute Gasteiger partial charge is 0.288 e. The van der Waals surface area contributed by atoms with Crippen molar-refractivity contribution in [3.63, 3.8) is 0 Å². The molecule has 2 aliphatic carbocycles. The molecule has 3 rings (SSSR count). The van der Waals surface area contributed by atoms with E-state index in [1.165, 1.54) is 50.4 Å². The van der Waals surface area contributed by atoms with Crippen LogP contribution in [0.15, 0.2) is 45.9 Å². The molecule has 0 aliphatic heterocycles. The van der Waals surface area contributed by atoms with Crippen molar-refractivity contribution < 1.29 is 13.6 Å². The average Bonchev–Trinajstić information content (AvgIpc) is 2.82. The molecule has 2 fully saturated rings. The van der Waals surface area contributed by atoms with Gasteiger partial charge in [0, 0.05) is 35.3 Å². The minimum Gasteiger partial charge on any atom is -0.383 e. The fraction of sp³-hybridized carbons (Fsp3) is 0.583. The topological polar surface area (TPSA) is 132 Å². The van der Waals surface area contributed by atoms with Crippen LogP contribution >= 0.6 is 11.8 Å². The van der Waals surface area contributed by atoms with Gasteiger partial charge in [-0.05, 0) is 62.8 Å². The third kappa shape index (κ3) is 7.68. The van der Waals surface area contributed by atoms with Crippen molar-refractivity contribution in [2.45, 2.75) is 86.1 Å². The molecule has 0 saturated heterocycles. The standard InChI is InChI=1S/C24H36F2N6OS/c25-23(26)34-19-8-6-17(7-9-19)32-21(28)20(22(29)33)14-30-24(15-27)12-10-18(11-13-24)31-16-4-2-1-3-5-16/h6-9,14,16,18,23,30-31H,1-5,10-13,15,27H2,(H2,28,32)(H2,29,33)/b20-14+. The van der Waals surface area contributed by atoms with Gasteiger partial charge >= 0.3 is 0 Å². The summed E-state index contributed by atoms with van der Waals surface area (Å²) in [6, 6.07) is 7.28. The van der Waals surface area contributed by atoms with Crippen LogP contribution in [0.2, 0.25) is 0 Å². The quantitative estimate of drug-likeness (QED) is 0.146. The van der Waals surface area contributed by atoms with Crippen LogP contribution in [0.4, 0.5) is 14.5 Å². The Morgan fingerprint density at radius 2 is 1.71 bits per heavy atom. The number of benzene rings is 1. The summed E-state index contributed by atoms with van der Waals surface area (Å²) in [4.78, 5) is 16.7. The van der Waals surface area contributed by atoms with Gasteiger partial charge in [0.05, 0.1) is 11.3 Å². The molecule has 34 heavy (non-hydrogen) atoms. The molecular weight excluding hydrogens is 458 g/mol. The van der Waals surface area contributed by atoms with Gasteiger partial charge < -0.3 is 27.8 Å². The predicted octanol–water partition coefficient (Wildman–Crippen LogP) is 3.51. The maximum absolute atomic E-state index is 12.5. The van der Waals surface area contributed by atoms with Gasteiger partial charge in [0.1, 0.15) is 5.84 Å². The minimum absolute atomic E-state index is 0.0471. The number of amidine groups is 1. The Hall–Kier alpha value is -2.17. The molecule has 0 bridgehead atoms. The Bertz CT molecular complexity index is 863. The number of aliphatic imine (C=N–C) groups is 1. The highest BCUT2D eigenvalue weighted by atomic mass is 32.2. The van der Waals surface area contributed by atoms with Crippen LogP contribution in [0.5, 0.6) is 0 Å². The Labute approximate surface area is 204 Å². The number of amides is 1. The number of rotatable bonds is 10. The van der Waals surface area contributed by atoms with Crippen LogP contribution in [0, 0.1) is 0 Å². The molecule has 0 heterocycles. The van der Waals surface area contributed by atoms with Gasteiger partial charge in [0.2, 0.25) is 0 Å². The molecular formula is C24H36F2N6OS. The first-order chi connectivity index (χ1) is 16.3. The Balaban J connectivity index is 1.62. The first-order valence-corrected chi connectivity index (χ1v) is 12.8. The zero-order valence-corrected chi connectivity index (χ0v) is 20.3. The molecule has 1 aromatic rings. The van der Waals surface area contributed by atoms with Gasteiger partial charge in [-0.15, -0.1) is 0 Å². The average molecular weight is 495 g/mol. The second kappa shape index (κ2) is 12.5. The number of hydrogen-bond donors (Lipinski definition) is 5. The third-order valence-corrected chi connectivity index (χ3v) is 7.51. The highest BCUT2D eigenvalue weighted by molar-refractivity contribution is 7.99. The number of thioether (sulfide) groups is 1. The predicted molar refractivity (Wildman–Crippen MR) is 134 cm³/mol. The fourth-order valence-corrected chi connectivity index (χ4v) is 5.24. The number of nitrogens with two attached hydrogens (primary N) is 3. The summed E-state index contributed by atoms with van der Waals surface area (Å²) in [5, 5.41) is 7.15. The van der Waals surface area contributed by atoms with Gasteiger partial charge in [-0.3, -0.25) is 4.79 Å². The molecule has 0 spiro atoms. The molecule has 8 N–H and O–H groups in total. The second-order valence-corrected chi connectivity index (χ2v) is 10.3. The Morgan fingerprint density at radius 1 is 1.09 bits per heavy atom. The number of carbonyl (C=O) groups excluding carboxylic acids is 1. The minimum atomic E-state index is -2.50. The van der Waals surface area contributed by atoms with Crippen LogP contribution in [0.1, 0.15) is 57.8 Å². The molecule has 7 nitrogen and oxygen atoms in total. The maximum Gasteiger partial charge on any atom is 0.288 e. The van der Waals surface area contributed by atoms with Crippen molar-refractivity contribution >= 4 is 29.2 Å². The van der Waals surface area contributed by atoms with Gasteiger partial charge in [-0.1, -0.05) is 31.0 Å². The first kappa shape index (κ1) is 26.4. The van der Waals surface area contributed by atoms with Gasteiger partial charge in [0.15, 0.2) is 0 Å². The number of nitrogens with zero attached hydrogens (tertiary/aromatic N) is 1. The van der Waals surface area contributed by atoms with Crippen molar-refractivity contribution in [1.82, 2.24) is 10.6 Å². The highest BCUT2D eigenvalue weighted by Crippen LogP contribution is 2.30. The third-order valence-electron chi connectivity index (χ3n) is 6.79. The maximum atomic E-state index is 12.5. The van der Waals surface area contributed by atoms with E-state index in [1.807, 2.05) is 0 Å². The van der Waals surface area contributed by atoms with E-state index in [0.29, 0.717) is 41.0 Å². The molecule has 1 aromatic carbocycles. The molecule has 1 amide bonds. The van der Waals surface area contributed by atoms with Crippen LogP contribution in [-0.4, -0.2) is 41.7 Å². The molecule has 0 unspecified atom stereocenters. The first-order valence-electron chi connectivity index (χ1n) is 11.9. The summed E-state index contributed by atoms with van der Waals surface area (Å²) in [5.74, 6) is -3.25. The van der Waals surface area contributed by atoms with Crippen molar-refractivity contribution in [3.8, 4) is 0 Å². The number of carbonyl (C=O) groups is 1. The number of nitrogens with one attached hydrogen (secondary N) is 2. The lowest BCUT2D eigenvalue weighted by atomic mass is 9.78. The molecule has 10 heteroatoms. The Kier molecular flexibility index (Phi) is 9.73. The molecule has 0 radical (unpaired) electrons. The fourth-order valence-electron chi connectivity index (χ4n) is 4.75. The van der Waals surface area contributed by atoms with Crippen LogP contribution in [0.3, 0.4) is 0 Å². The van der Waals surface area contributed by atoms with Crippen LogP contribution in [-0.2, 0) is 4.79 Å². The van der Waals surface area contributed by atoms with Crippen molar-refractivity contribution in [1.29, 1.82) is 0 Å². The largest absolute Gasteiger partial charge is 0.383 e. The summed E-state index contributed by atoms with van der Waals surface area (Å²) >= 11 is 0.448. The molecule has 0 atom stereocenters. The second-order valence-electron chi connectivity index (χ2n) is 9.20. The van der Waals surface area contributed by atoms with Crippen LogP contribution < -0.4 is 27.8 Å². The number of hydrogen-bond acceptors (Lipinski definition) is 6. The number of primary amides is 1. The van der Waals surface area contributed by atoms with E-state index in [4.69, 9.17) is 17.2 Å². The lowest BCUT2D eigenvalue weighted by Crippen LogP contribution is -2.54. The normalized spacial score (nSPS) is 24.9. The zero-order chi connectivity index (χ0) is 24.6. The number of halogens is 2. The van der Waals surface area contributed by atoms with E-state index in [1.54, 1.807) is 12.1 Å². The number of alkyl halides is 2. The Morgan fingerprint density at radius 3 is 2.26 bits per heavy atom. The van der Waals surface area contributed by atoms with Gasteiger partial charge in [-0.2, -0.15) is 8.78 Å². The SMILES string of the molecule is NCC1(N/C=C(/C(N)=O)C(N)=Nc2ccc(SC(F)F)cc2)CCC(NC2CCCCC2)CC1. The van der Waals surface area contributed by atoms with E-state index < -0.39 is 11.7 Å². The summed E-state index contributed by atoms with van der Waals surface area (Å²) in [6.45, 7) is 0.423. The van der Waals surface area contributed by atoms with Crippen molar-refractivity contribution in [3.05, 3.63) is 36.0 Å². The summed E-state index contributed by atoms with van der Waals surface area (Å²) in [5.41, 5.74) is 17.9. The van der Waals surface area contributed by atoms with E-state index in [0.717, 1.165) is 25.7 Å². The van der Waals surface area contributed by atoms with Gasteiger partial charge in [0.25, 0.3) is 11.7 Å². The summed E-state index contributed by atoms with van der Waals surface area (Å²) in [6.07, 6.45) is 11.7. The lowest BCUT2D eigenvalue weighted by Gasteiger charge is -2.41. The van der Waals surface area contributed by atoms with Crippen molar-refractivity contribution in [2.75, 3.05) is 6.54 Å². The molecule has 2 aliphatic rings. The highest BCUT2D eigenvalue weighted by Gasteiger charge is 2.34. The molecule has 0 aromatic heterocycles. The van der Waals surface area contributed by atoms with E-state index >= 15 is 0 Å². The van der Waals surface area contributed by atoms with Gasteiger partial charge in [-0.25, -0.2) is 4.99 Å². The van der Waals surface area contributed by atoms with Crippen LogP contribution in [0.25, 0.3) is 0 Å². The molecule has 2 saturated carbocycles. The van der Waals surface area contributed by atoms with E-state index in [-0.39, 0.29) is 16.9 Å². The summed E-state index contributed by atoms with van der Waals surface area (Å²) < 4.78 is 25.0. The van der Waals surface area contributed by atoms with Crippen molar-refractivity contribution in [2.24, 2.45) is 22.2 Å². The van der Waals surface area contributed by atoms with E-state index in [9.17, 15) is 13.6 Å². The molecule has 188 valence electrons.